The number of hydrogen-bond donors (Lipinski definition) is 1. The third kappa shape index (κ3) is 3.25. The highest BCUT2D eigenvalue weighted by Gasteiger charge is 2.19. The van der Waals surface area contributed by atoms with Crippen LogP contribution in [-0.2, 0) is 18.9 Å². The smallest absolute Gasteiger partial charge is 0.325 e. The van der Waals surface area contributed by atoms with Gasteiger partial charge in [0.15, 0.2) is 5.65 Å². The lowest BCUT2D eigenvalue weighted by molar-refractivity contribution is -0.120. The number of nitrogens with one attached hydrogen (secondary N) is 1. The molecule has 0 saturated heterocycles. The summed E-state index contributed by atoms with van der Waals surface area (Å²) in [5.41, 5.74) is -0.237. The van der Waals surface area contributed by atoms with E-state index in [0.717, 1.165) is 30.3 Å². The van der Waals surface area contributed by atoms with Crippen LogP contribution in [0.3, 0.4) is 0 Å². The first kappa shape index (κ1) is 17.9. The number of fused-ring (bicyclic) bond motifs is 1. The molecule has 0 aliphatic rings. The van der Waals surface area contributed by atoms with E-state index < -0.39 is 11.2 Å². The monoisotopic (exact) mass is 332 g/mol. The molecule has 0 aromatic carbocycles. The van der Waals surface area contributed by atoms with Gasteiger partial charge in [0, 0.05) is 26.2 Å². The number of amides is 1. The lowest BCUT2D eigenvalue weighted by Gasteiger charge is -2.16. The van der Waals surface area contributed by atoms with Gasteiger partial charge in [-0.05, 0) is 18.9 Å². The van der Waals surface area contributed by atoms with Gasteiger partial charge in [-0.1, -0.05) is 26.7 Å². The van der Waals surface area contributed by atoms with Gasteiger partial charge in [0.1, 0.15) is 5.39 Å². The molecule has 7 nitrogen and oxygen atoms in total. The van der Waals surface area contributed by atoms with Crippen LogP contribution in [0, 0.1) is 5.92 Å². The molecule has 0 atom stereocenters. The van der Waals surface area contributed by atoms with Crippen molar-refractivity contribution in [3.8, 4) is 0 Å². The molecule has 2 heterocycles. The van der Waals surface area contributed by atoms with E-state index >= 15 is 0 Å². The predicted molar refractivity (Wildman–Crippen MR) is 94.2 cm³/mol. The molecule has 0 saturated carbocycles. The average Bonchev–Trinajstić information content (AvgIpc) is 2.57. The Kier molecular flexibility index (Phi) is 5.54. The Bertz CT molecular complexity index is 860. The van der Waals surface area contributed by atoms with Crippen LogP contribution >= 0.6 is 0 Å². The molecule has 0 fully saturated rings. The van der Waals surface area contributed by atoms with Crippen molar-refractivity contribution in [2.75, 3.05) is 5.32 Å². The van der Waals surface area contributed by atoms with Gasteiger partial charge in [-0.25, -0.2) is 9.78 Å². The maximum absolute atomic E-state index is 12.6. The molecule has 0 aliphatic carbocycles. The summed E-state index contributed by atoms with van der Waals surface area (Å²) in [6, 6.07) is 1.60. The number of aromatic nitrogens is 3. The molecule has 0 aliphatic heterocycles. The van der Waals surface area contributed by atoms with E-state index in [1.54, 1.807) is 13.1 Å². The van der Waals surface area contributed by atoms with E-state index in [9.17, 15) is 14.4 Å². The summed E-state index contributed by atoms with van der Waals surface area (Å²) < 4.78 is 2.33. The van der Waals surface area contributed by atoms with E-state index in [0.29, 0.717) is 5.69 Å². The zero-order valence-electron chi connectivity index (χ0n) is 14.6. The first-order chi connectivity index (χ1) is 11.4. The molecular weight excluding hydrogens is 308 g/mol. The second-order valence-electron chi connectivity index (χ2n) is 6.03. The Morgan fingerprint density at radius 2 is 1.79 bits per heavy atom. The van der Waals surface area contributed by atoms with Crippen LogP contribution < -0.4 is 16.6 Å². The van der Waals surface area contributed by atoms with E-state index in [4.69, 9.17) is 0 Å². The number of rotatable bonds is 6. The second-order valence-corrected chi connectivity index (χ2v) is 6.03. The summed E-state index contributed by atoms with van der Waals surface area (Å²) >= 11 is 0. The van der Waals surface area contributed by atoms with Crippen LogP contribution in [0.4, 0.5) is 5.69 Å². The largest absolute Gasteiger partial charge is 0.332 e. The number of hydrogen-bond acceptors (Lipinski definition) is 4. The van der Waals surface area contributed by atoms with Gasteiger partial charge >= 0.3 is 5.69 Å². The topological polar surface area (TPSA) is 86.0 Å². The molecule has 0 unspecified atom stereocenters. The van der Waals surface area contributed by atoms with Crippen LogP contribution in [-0.4, -0.2) is 20.0 Å². The average molecular weight is 332 g/mol. The molecule has 2 aromatic rings. The van der Waals surface area contributed by atoms with Crippen molar-refractivity contribution in [1.29, 1.82) is 0 Å². The second kappa shape index (κ2) is 7.42. The van der Waals surface area contributed by atoms with Crippen molar-refractivity contribution in [2.24, 2.45) is 20.0 Å². The normalized spacial score (nSPS) is 11.2. The van der Waals surface area contributed by atoms with Gasteiger partial charge in [-0.15, -0.1) is 0 Å². The van der Waals surface area contributed by atoms with E-state index in [2.05, 4.69) is 10.3 Å². The Balaban J connectivity index is 2.52. The predicted octanol–water partition coefficient (Wildman–Crippen LogP) is 1.79. The summed E-state index contributed by atoms with van der Waals surface area (Å²) in [4.78, 5) is 41.2. The highest BCUT2D eigenvalue weighted by Crippen LogP contribution is 2.20. The van der Waals surface area contributed by atoms with Crippen LogP contribution in [0.25, 0.3) is 11.0 Å². The van der Waals surface area contributed by atoms with Gasteiger partial charge in [0.25, 0.3) is 5.56 Å². The minimum atomic E-state index is -0.459. The summed E-state index contributed by atoms with van der Waals surface area (Å²) in [5.74, 6) is -0.179. The highest BCUT2D eigenvalue weighted by molar-refractivity contribution is 6.00. The van der Waals surface area contributed by atoms with Crippen molar-refractivity contribution >= 4 is 22.6 Å². The zero-order chi connectivity index (χ0) is 17.9. The number of carbonyl (C=O) groups is 1. The van der Waals surface area contributed by atoms with Crippen molar-refractivity contribution in [3.63, 3.8) is 0 Å². The minimum absolute atomic E-state index is 0.0837. The maximum Gasteiger partial charge on any atom is 0.332 e. The summed E-state index contributed by atoms with van der Waals surface area (Å²) in [6.07, 6.45) is 4.95. The quantitative estimate of drug-likeness (QED) is 0.874. The molecule has 0 radical (unpaired) electrons. The van der Waals surface area contributed by atoms with Gasteiger partial charge < -0.3 is 5.32 Å². The van der Waals surface area contributed by atoms with E-state index in [1.165, 1.54) is 17.8 Å². The molecule has 1 N–H and O–H groups in total. The van der Waals surface area contributed by atoms with Crippen molar-refractivity contribution in [3.05, 3.63) is 33.1 Å². The fraction of sp³-hybridized carbons (Fsp3) is 0.529. The minimum Gasteiger partial charge on any atom is -0.325 e. The zero-order valence-corrected chi connectivity index (χ0v) is 14.6. The summed E-state index contributed by atoms with van der Waals surface area (Å²) in [5, 5.41) is 3.11. The fourth-order valence-corrected chi connectivity index (χ4v) is 2.93. The first-order valence-corrected chi connectivity index (χ1v) is 8.27. The number of aryl methyl sites for hydroxylation is 1. The first-order valence-electron chi connectivity index (χ1n) is 8.27. The third-order valence-corrected chi connectivity index (χ3v) is 4.24. The fourth-order valence-electron chi connectivity index (χ4n) is 2.93. The Hall–Kier alpha value is -2.44. The molecule has 130 valence electrons. The number of nitrogens with zero attached hydrogens (tertiary/aromatic N) is 3. The van der Waals surface area contributed by atoms with Crippen LogP contribution in [0.15, 0.2) is 21.9 Å². The summed E-state index contributed by atoms with van der Waals surface area (Å²) in [6.45, 7) is 4.09. The third-order valence-electron chi connectivity index (χ3n) is 4.24. The van der Waals surface area contributed by atoms with E-state index in [1.807, 2.05) is 13.8 Å². The molecular formula is C17H24N4O3. The van der Waals surface area contributed by atoms with Crippen LogP contribution in [0.5, 0.6) is 0 Å². The molecule has 2 aromatic heterocycles. The molecule has 0 spiro atoms. The van der Waals surface area contributed by atoms with Gasteiger partial charge in [0.2, 0.25) is 5.91 Å². The van der Waals surface area contributed by atoms with Crippen molar-refractivity contribution in [2.45, 2.75) is 39.5 Å². The lowest BCUT2D eigenvalue weighted by atomic mass is 9.97. The van der Waals surface area contributed by atoms with Crippen LogP contribution in [0.1, 0.15) is 39.5 Å². The van der Waals surface area contributed by atoms with Crippen LogP contribution in [0.2, 0.25) is 0 Å². The molecule has 1 amide bonds. The lowest BCUT2D eigenvalue weighted by Crippen LogP contribution is -2.37. The maximum atomic E-state index is 12.6. The van der Waals surface area contributed by atoms with E-state index in [-0.39, 0.29) is 22.9 Å². The number of pyridine rings is 1. The molecule has 2 rings (SSSR count). The Morgan fingerprint density at radius 3 is 2.38 bits per heavy atom. The SMILES string of the molecule is CCCC(CCC)C(=O)Nc1ccnc2c1c(=O)n(C)c(=O)n2C. The molecule has 0 bridgehead atoms. The Labute approximate surface area is 140 Å². The standard InChI is InChI=1S/C17H24N4O3/c1-5-7-11(8-6-2)15(22)19-12-9-10-18-14-13(12)16(23)21(4)17(24)20(14)3/h9-11H,5-8H2,1-4H3,(H,18,19,22). The Morgan fingerprint density at radius 1 is 1.17 bits per heavy atom. The molecule has 24 heavy (non-hydrogen) atoms. The van der Waals surface area contributed by atoms with Gasteiger partial charge in [0.05, 0.1) is 5.69 Å². The highest BCUT2D eigenvalue weighted by atomic mass is 16.2. The summed E-state index contributed by atoms with van der Waals surface area (Å²) in [7, 11) is 2.97. The van der Waals surface area contributed by atoms with Gasteiger partial charge in [-0.2, -0.15) is 0 Å². The molecule has 7 heteroatoms. The van der Waals surface area contributed by atoms with Gasteiger partial charge in [-0.3, -0.25) is 18.7 Å². The van der Waals surface area contributed by atoms with Crippen molar-refractivity contribution in [1.82, 2.24) is 14.1 Å². The number of carbonyl (C=O) groups excluding carboxylic acids is 1. The number of anilines is 1. The van der Waals surface area contributed by atoms with Crippen molar-refractivity contribution < 1.29 is 4.79 Å².